The first-order valence-corrected chi connectivity index (χ1v) is 9.42. The lowest BCUT2D eigenvalue weighted by Crippen LogP contribution is -2.17. The highest BCUT2D eigenvalue weighted by Gasteiger charge is 2.30. The Morgan fingerprint density at radius 3 is 1.48 bits per heavy atom. The van der Waals surface area contributed by atoms with Gasteiger partial charge in [-0.2, -0.15) is 0 Å². The third-order valence-corrected chi connectivity index (χ3v) is 7.65. The SMILES string of the molecule is CC1=C([SiH2]C2=C(C)CC(Cl)=C2C(C)O)C(C(C)O)=C(Cl)C1. The number of hydrogen-bond acceptors (Lipinski definition) is 2. The molecule has 0 spiro atoms. The molecule has 0 bridgehead atoms. The summed E-state index contributed by atoms with van der Waals surface area (Å²) in [7, 11) is -0.820. The van der Waals surface area contributed by atoms with Gasteiger partial charge in [-0.05, 0) is 38.8 Å². The first kappa shape index (κ1) is 17.0. The zero-order chi connectivity index (χ0) is 15.9. The van der Waals surface area contributed by atoms with Gasteiger partial charge in [-0.15, -0.1) is 0 Å². The van der Waals surface area contributed by atoms with Gasteiger partial charge in [-0.3, -0.25) is 0 Å². The summed E-state index contributed by atoms with van der Waals surface area (Å²) in [5.74, 6) is 0. The van der Waals surface area contributed by atoms with E-state index in [1.807, 2.05) is 0 Å². The highest BCUT2D eigenvalue weighted by atomic mass is 35.5. The first-order valence-electron chi connectivity index (χ1n) is 7.25. The summed E-state index contributed by atoms with van der Waals surface area (Å²) in [6.07, 6.45) is 0.374. The van der Waals surface area contributed by atoms with E-state index in [4.69, 9.17) is 23.2 Å². The van der Waals surface area contributed by atoms with Crippen LogP contribution in [0.1, 0.15) is 40.5 Å². The molecule has 2 aliphatic carbocycles. The minimum atomic E-state index is -0.820. The van der Waals surface area contributed by atoms with Crippen molar-refractivity contribution in [1.29, 1.82) is 0 Å². The Hall–Kier alpha value is -0.323. The molecule has 2 N–H and O–H groups in total. The van der Waals surface area contributed by atoms with Crippen LogP contribution in [0.5, 0.6) is 0 Å². The molecule has 0 aromatic heterocycles. The third-order valence-electron chi connectivity index (χ3n) is 4.29. The average Bonchev–Trinajstić information content (AvgIpc) is 2.77. The normalized spacial score (nSPS) is 23.4. The molecule has 0 amide bonds. The summed E-state index contributed by atoms with van der Waals surface area (Å²) >= 11 is 12.6. The van der Waals surface area contributed by atoms with Gasteiger partial charge in [0, 0.05) is 22.9 Å². The van der Waals surface area contributed by atoms with Gasteiger partial charge in [0.1, 0.15) is 0 Å². The van der Waals surface area contributed by atoms with E-state index in [2.05, 4.69) is 13.8 Å². The van der Waals surface area contributed by atoms with Crippen molar-refractivity contribution in [1.82, 2.24) is 0 Å². The van der Waals surface area contributed by atoms with Crippen molar-refractivity contribution in [2.45, 2.75) is 52.7 Å². The lowest BCUT2D eigenvalue weighted by molar-refractivity contribution is 0.234. The molecule has 0 aromatic carbocycles. The van der Waals surface area contributed by atoms with E-state index in [0.717, 1.165) is 34.1 Å². The second-order valence-corrected chi connectivity index (χ2v) is 8.72. The quantitative estimate of drug-likeness (QED) is 0.768. The fourth-order valence-corrected chi connectivity index (χ4v) is 7.06. The molecule has 2 rings (SSSR count). The van der Waals surface area contributed by atoms with E-state index in [1.165, 1.54) is 21.5 Å². The Morgan fingerprint density at radius 1 is 0.857 bits per heavy atom. The van der Waals surface area contributed by atoms with Gasteiger partial charge < -0.3 is 10.2 Å². The van der Waals surface area contributed by atoms with Crippen molar-refractivity contribution in [2.75, 3.05) is 0 Å². The van der Waals surface area contributed by atoms with Crippen LogP contribution < -0.4 is 0 Å². The molecule has 116 valence electrons. The molecular weight excluding hydrogens is 323 g/mol. The van der Waals surface area contributed by atoms with Gasteiger partial charge in [-0.1, -0.05) is 44.7 Å². The largest absolute Gasteiger partial charge is 0.389 e. The Labute approximate surface area is 138 Å². The number of aliphatic hydroxyl groups is 2. The standard InChI is InChI=1S/C16H22Cl2O2Si/c1-7-5-11(17)13(9(3)19)15(7)21-16-8(2)6-12(18)14(16)10(4)20/h9-10,19-20H,5-6,21H2,1-4H3. The Bertz CT molecular complexity index is 543. The van der Waals surface area contributed by atoms with Crippen LogP contribution >= 0.6 is 23.2 Å². The fourth-order valence-electron chi connectivity index (χ4n) is 3.28. The van der Waals surface area contributed by atoms with Crippen LogP contribution in [-0.4, -0.2) is 31.9 Å². The summed E-state index contributed by atoms with van der Waals surface area (Å²) in [6.45, 7) is 7.69. The smallest absolute Gasteiger partial charge is 0.0884 e. The third kappa shape index (κ3) is 3.22. The van der Waals surface area contributed by atoms with Crippen molar-refractivity contribution >= 4 is 32.7 Å². The Morgan fingerprint density at radius 2 is 1.19 bits per heavy atom. The van der Waals surface area contributed by atoms with E-state index in [0.29, 0.717) is 0 Å². The van der Waals surface area contributed by atoms with E-state index in [9.17, 15) is 10.2 Å². The van der Waals surface area contributed by atoms with Crippen molar-refractivity contribution in [2.24, 2.45) is 0 Å². The predicted octanol–water partition coefficient (Wildman–Crippen LogP) is 3.26. The van der Waals surface area contributed by atoms with Crippen LogP contribution in [0.3, 0.4) is 0 Å². The minimum Gasteiger partial charge on any atom is -0.389 e. The summed E-state index contributed by atoms with van der Waals surface area (Å²) in [6, 6.07) is 0. The monoisotopic (exact) mass is 344 g/mol. The van der Waals surface area contributed by atoms with E-state index >= 15 is 0 Å². The van der Waals surface area contributed by atoms with Crippen molar-refractivity contribution in [3.8, 4) is 0 Å². The van der Waals surface area contributed by atoms with Crippen LogP contribution in [0, 0.1) is 0 Å². The maximum Gasteiger partial charge on any atom is 0.0884 e. The molecule has 5 heteroatoms. The number of halogens is 2. The summed E-state index contributed by atoms with van der Waals surface area (Å²) in [5, 5.41) is 24.0. The molecule has 2 atom stereocenters. The lowest BCUT2D eigenvalue weighted by Gasteiger charge is -2.18. The van der Waals surface area contributed by atoms with Crippen LogP contribution in [0.15, 0.2) is 42.7 Å². The van der Waals surface area contributed by atoms with Crippen LogP contribution in [0.25, 0.3) is 0 Å². The maximum absolute atomic E-state index is 10.0. The van der Waals surface area contributed by atoms with Gasteiger partial charge in [0.25, 0.3) is 0 Å². The molecular formula is C16H22Cl2O2Si. The molecule has 21 heavy (non-hydrogen) atoms. The molecule has 0 aliphatic heterocycles. The van der Waals surface area contributed by atoms with Gasteiger partial charge in [0.15, 0.2) is 0 Å². The second-order valence-electron chi connectivity index (χ2n) is 6.04. The molecule has 0 aromatic rings. The maximum atomic E-state index is 10.0. The number of rotatable bonds is 4. The minimum absolute atomic E-state index is 0.547. The molecule has 0 radical (unpaired) electrons. The molecule has 0 heterocycles. The summed E-state index contributed by atoms with van der Waals surface area (Å²) < 4.78 is 0. The summed E-state index contributed by atoms with van der Waals surface area (Å²) in [5.41, 5.74) is 4.29. The zero-order valence-corrected chi connectivity index (χ0v) is 15.9. The molecule has 2 unspecified atom stereocenters. The second kappa shape index (κ2) is 6.43. The van der Waals surface area contributed by atoms with Gasteiger partial charge >= 0.3 is 0 Å². The highest BCUT2D eigenvalue weighted by Crippen LogP contribution is 2.41. The first-order chi connectivity index (χ1) is 9.73. The van der Waals surface area contributed by atoms with Crippen molar-refractivity contribution < 1.29 is 10.2 Å². The topological polar surface area (TPSA) is 40.5 Å². The Kier molecular flexibility index (Phi) is 5.22. The van der Waals surface area contributed by atoms with Crippen LogP contribution in [0.2, 0.25) is 0 Å². The molecule has 0 fully saturated rings. The predicted molar refractivity (Wildman–Crippen MR) is 92.3 cm³/mol. The van der Waals surface area contributed by atoms with Crippen molar-refractivity contribution in [3.05, 3.63) is 42.7 Å². The highest BCUT2D eigenvalue weighted by molar-refractivity contribution is 6.58. The zero-order valence-electron chi connectivity index (χ0n) is 12.9. The fraction of sp³-hybridized carbons (Fsp3) is 0.500. The van der Waals surface area contributed by atoms with E-state index in [1.54, 1.807) is 13.8 Å². The number of hydrogen-bond donors (Lipinski definition) is 2. The van der Waals surface area contributed by atoms with Gasteiger partial charge in [-0.25, -0.2) is 0 Å². The van der Waals surface area contributed by atoms with Gasteiger partial charge in [0.2, 0.25) is 0 Å². The Balaban J connectivity index is 2.38. The number of aliphatic hydroxyl groups excluding tert-OH is 2. The van der Waals surface area contributed by atoms with E-state index < -0.39 is 21.7 Å². The average molecular weight is 345 g/mol. The molecule has 0 saturated carbocycles. The molecule has 2 nitrogen and oxygen atoms in total. The summed E-state index contributed by atoms with van der Waals surface area (Å²) in [4.78, 5) is 0. The molecule has 2 aliphatic rings. The van der Waals surface area contributed by atoms with Gasteiger partial charge in [0.05, 0.1) is 21.7 Å². The molecule has 0 saturated heterocycles. The van der Waals surface area contributed by atoms with Crippen LogP contribution in [0.4, 0.5) is 0 Å². The van der Waals surface area contributed by atoms with Crippen molar-refractivity contribution in [3.63, 3.8) is 0 Å². The number of allylic oxidation sites excluding steroid dienone is 4. The van der Waals surface area contributed by atoms with Crippen LogP contribution in [-0.2, 0) is 0 Å². The van der Waals surface area contributed by atoms with E-state index in [-0.39, 0.29) is 0 Å². The lowest BCUT2D eigenvalue weighted by atomic mass is 10.1.